The van der Waals surface area contributed by atoms with E-state index in [9.17, 15) is 4.79 Å². The number of carbonyl (C=O) groups is 1. The number of rotatable bonds is 4. The maximum atomic E-state index is 11.7. The van der Waals surface area contributed by atoms with Gasteiger partial charge in [-0.05, 0) is 17.4 Å². The van der Waals surface area contributed by atoms with E-state index in [1.54, 1.807) is 0 Å². The van der Waals surface area contributed by atoms with Crippen molar-refractivity contribution in [1.29, 1.82) is 0 Å². The number of benzene rings is 1. The SMILES string of the molecule is CC(=O)N[C@H](C1=N[C@@H](Cc2ccccc2)[C@H](C(C)(C)C)O1)C(C)(C)C. The normalized spacial score (nSPS) is 22.1. The van der Waals surface area contributed by atoms with E-state index in [4.69, 9.17) is 9.73 Å². The molecule has 0 saturated heterocycles. The summed E-state index contributed by atoms with van der Waals surface area (Å²) in [6.07, 6.45) is 0.824. The van der Waals surface area contributed by atoms with Gasteiger partial charge in [0, 0.05) is 12.3 Å². The van der Waals surface area contributed by atoms with Crippen LogP contribution in [0.4, 0.5) is 0 Å². The molecule has 1 aromatic carbocycles. The Morgan fingerprint density at radius 1 is 1.16 bits per heavy atom. The molecule has 3 atom stereocenters. The van der Waals surface area contributed by atoms with Crippen LogP contribution in [-0.4, -0.2) is 30.0 Å². The van der Waals surface area contributed by atoms with Gasteiger partial charge in [0.2, 0.25) is 11.8 Å². The highest BCUT2D eigenvalue weighted by atomic mass is 16.5. The van der Waals surface area contributed by atoms with E-state index in [2.05, 4.69) is 71.1 Å². The molecule has 138 valence electrons. The van der Waals surface area contributed by atoms with Gasteiger partial charge in [-0.1, -0.05) is 71.9 Å². The lowest BCUT2D eigenvalue weighted by Crippen LogP contribution is -2.49. The average molecular weight is 344 g/mol. The fraction of sp³-hybridized carbons (Fsp3) is 0.619. The van der Waals surface area contributed by atoms with Crippen LogP contribution in [0.3, 0.4) is 0 Å². The highest BCUT2D eigenvalue weighted by Gasteiger charge is 2.44. The van der Waals surface area contributed by atoms with Gasteiger partial charge in [-0.15, -0.1) is 0 Å². The highest BCUT2D eigenvalue weighted by Crippen LogP contribution is 2.35. The molecule has 0 saturated carbocycles. The molecular weight excluding hydrogens is 312 g/mol. The van der Waals surface area contributed by atoms with E-state index in [0.717, 1.165) is 6.42 Å². The molecule has 1 N–H and O–H groups in total. The molecule has 1 aliphatic heterocycles. The molecule has 2 rings (SSSR count). The Morgan fingerprint density at radius 2 is 1.76 bits per heavy atom. The number of nitrogens with one attached hydrogen (secondary N) is 1. The van der Waals surface area contributed by atoms with Gasteiger partial charge in [0.1, 0.15) is 12.1 Å². The van der Waals surface area contributed by atoms with Gasteiger partial charge in [0.25, 0.3) is 0 Å². The Kier molecular flexibility index (Phi) is 5.60. The number of nitrogens with zero attached hydrogens (tertiary/aromatic N) is 1. The van der Waals surface area contributed by atoms with Crippen LogP contribution in [0.5, 0.6) is 0 Å². The van der Waals surface area contributed by atoms with E-state index >= 15 is 0 Å². The highest BCUT2D eigenvalue weighted by molar-refractivity contribution is 5.88. The first kappa shape index (κ1) is 19.5. The number of hydrogen-bond acceptors (Lipinski definition) is 3. The first-order valence-corrected chi connectivity index (χ1v) is 9.04. The second-order valence-corrected chi connectivity index (χ2v) is 9.13. The maximum absolute atomic E-state index is 11.7. The lowest BCUT2D eigenvalue weighted by Gasteiger charge is -2.33. The monoisotopic (exact) mass is 344 g/mol. The summed E-state index contributed by atoms with van der Waals surface area (Å²) in [4.78, 5) is 16.6. The van der Waals surface area contributed by atoms with E-state index in [-0.39, 0.29) is 34.9 Å². The number of carbonyl (C=O) groups excluding carboxylic acids is 1. The third kappa shape index (κ3) is 5.07. The molecule has 1 aliphatic rings. The largest absolute Gasteiger partial charge is 0.473 e. The Morgan fingerprint density at radius 3 is 2.24 bits per heavy atom. The molecule has 1 heterocycles. The van der Waals surface area contributed by atoms with Crippen LogP contribution in [0.15, 0.2) is 35.3 Å². The van der Waals surface area contributed by atoms with Gasteiger partial charge in [-0.2, -0.15) is 0 Å². The van der Waals surface area contributed by atoms with Crippen molar-refractivity contribution in [3.8, 4) is 0 Å². The van der Waals surface area contributed by atoms with Crippen LogP contribution in [0.2, 0.25) is 0 Å². The number of aliphatic imine (C=N–C) groups is 1. The summed E-state index contributed by atoms with van der Waals surface area (Å²) in [6, 6.07) is 10.2. The van der Waals surface area contributed by atoms with Crippen molar-refractivity contribution >= 4 is 11.8 Å². The van der Waals surface area contributed by atoms with E-state index in [1.807, 2.05) is 6.07 Å². The minimum atomic E-state index is -0.226. The molecule has 0 spiro atoms. The van der Waals surface area contributed by atoms with Crippen molar-refractivity contribution in [3.63, 3.8) is 0 Å². The number of amides is 1. The average Bonchev–Trinajstić information content (AvgIpc) is 2.88. The molecule has 1 amide bonds. The quantitative estimate of drug-likeness (QED) is 0.898. The Bertz CT molecular complexity index is 624. The van der Waals surface area contributed by atoms with Gasteiger partial charge < -0.3 is 10.1 Å². The van der Waals surface area contributed by atoms with Crippen LogP contribution in [-0.2, 0) is 16.0 Å². The smallest absolute Gasteiger partial charge is 0.217 e. The summed E-state index contributed by atoms with van der Waals surface area (Å²) in [6.45, 7) is 14.4. The molecule has 0 aromatic heterocycles. The van der Waals surface area contributed by atoms with Crippen LogP contribution in [0.1, 0.15) is 54.0 Å². The van der Waals surface area contributed by atoms with Gasteiger partial charge in [0.05, 0.1) is 6.04 Å². The van der Waals surface area contributed by atoms with Gasteiger partial charge in [0.15, 0.2) is 0 Å². The molecular formula is C21H32N2O2. The molecule has 0 radical (unpaired) electrons. The van der Waals surface area contributed by atoms with Gasteiger partial charge in [-0.3, -0.25) is 4.79 Å². The summed E-state index contributed by atoms with van der Waals surface area (Å²) >= 11 is 0. The molecule has 0 fully saturated rings. The zero-order valence-electron chi connectivity index (χ0n) is 16.6. The summed E-state index contributed by atoms with van der Waals surface area (Å²) in [5.74, 6) is 0.591. The molecule has 4 heteroatoms. The van der Waals surface area contributed by atoms with Gasteiger partial charge >= 0.3 is 0 Å². The number of ether oxygens (including phenoxy) is 1. The minimum Gasteiger partial charge on any atom is -0.473 e. The first-order valence-electron chi connectivity index (χ1n) is 9.04. The fourth-order valence-corrected chi connectivity index (χ4v) is 3.23. The fourth-order valence-electron chi connectivity index (χ4n) is 3.23. The standard InChI is InChI=1S/C21H32N2O2/c1-14(24)22-17(20(2,3)4)19-23-16(18(25-19)21(5,6)7)13-15-11-9-8-10-12-15/h8-12,16-18H,13H2,1-7H3,(H,22,24)/t16-,17+,18+/m0/s1. The summed E-state index contributed by atoms with van der Waals surface area (Å²) in [5, 5.41) is 3.02. The van der Waals surface area contributed by atoms with Crippen molar-refractivity contribution in [2.24, 2.45) is 15.8 Å². The van der Waals surface area contributed by atoms with E-state index in [0.29, 0.717) is 5.90 Å². The number of hydrogen-bond donors (Lipinski definition) is 1. The summed E-state index contributed by atoms with van der Waals surface area (Å²) in [7, 11) is 0. The zero-order valence-corrected chi connectivity index (χ0v) is 16.6. The van der Waals surface area contributed by atoms with E-state index < -0.39 is 0 Å². The van der Waals surface area contributed by atoms with Crippen LogP contribution in [0.25, 0.3) is 0 Å². The first-order chi connectivity index (χ1) is 11.5. The Labute approximate surface area is 152 Å². The van der Waals surface area contributed by atoms with Gasteiger partial charge in [-0.25, -0.2) is 4.99 Å². The lowest BCUT2D eigenvalue weighted by molar-refractivity contribution is -0.120. The zero-order chi connectivity index (χ0) is 18.8. The second-order valence-electron chi connectivity index (χ2n) is 9.13. The third-order valence-electron chi connectivity index (χ3n) is 4.49. The lowest BCUT2D eigenvalue weighted by atomic mass is 9.83. The molecule has 0 bridgehead atoms. The van der Waals surface area contributed by atoms with Crippen molar-refractivity contribution in [2.45, 2.75) is 73.1 Å². The van der Waals surface area contributed by atoms with Crippen LogP contribution in [0, 0.1) is 10.8 Å². The van der Waals surface area contributed by atoms with Crippen molar-refractivity contribution in [1.82, 2.24) is 5.32 Å². The molecule has 4 nitrogen and oxygen atoms in total. The molecule has 25 heavy (non-hydrogen) atoms. The predicted octanol–water partition coefficient (Wildman–Crippen LogP) is 3.99. The molecule has 0 unspecified atom stereocenters. The van der Waals surface area contributed by atoms with Crippen molar-refractivity contribution in [2.75, 3.05) is 0 Å². The second kappa shape index (κ2) is 7.19. The van der Waals surface area contributed by atoms with Crippen molar-refractivity contribution < 1.29 is 9.53 Å². The molecule has 1 aromatic rings. The Hall–Kier alpha value is -1.84. The topological polar surface area (TPSA) is 50.7 Å². The van der Waals surface area contributed by atoms with Crippen LogP contribution >= 0.6 is 0 Å². The molecule has 0 aliphatic carbocycles. The maximum Gasteiger partial charge on any atom is 0.217 e. The summed E-state index contributed by atoms with van der Waals surface area (Å²) < 4.78 is 6.34. The van der Waals surface area contributed by atoms with E-state index in [1.165, 1.54) is 12.5 Å². The predicted molar refractivity (Wildman–Crippen MR) is 103 cm³/mol. The third-order valence-corrected chi connectivity index (χ3v) is 4.49. The summed E-state index contributed by atoms with van der Waals surface area (Å²) in [5.41, 5.74) is 1.04. The minimum absolute atomic E-state index is 0.0127. The van der Waals surface area contributed by atoms with Crippen molar-refractivity contribution in [3.05, 3.63) is 35.9 Å². The Balaban J connectivity index is 2.32. The van der Waals surface area contributed by atoms with Crippen LogP contribution < -0.4 is 5.32 Å².